The number of nitrogens with zero attached hydrogens (tertiary/aromatic N) is 3. The molecule has 0 atom stereocenters. The van der Waals surface area contributed by atoms with Gasteiger partial charge in [0.1, 0.15) is 11.4 Å². The van der Waals surface area contributed by atoms with Crippen LogP contribution in [0.3, 0.4) is 0 Å². The van der Waals surface area contributed by atoms with Crippen LogP contribution in [0.4, 0.5) is 24.5 Å². The molecule has 1 aliphatic rings. The maximum atomic E-state index is 12.9. The van der Waals surface area contributed by atoms with Crippen molar-refractivity contribution >= 4 is 21.5 Å². The highest BCUT2D eigenvalue weighted by molar-refractivity contribution is 7.87. The summed E-state index contributed by atoms with van der Waals surface area (Å²) in [5.41, 5.74) is -1.58. The number of piperazine rings is 1. The van der Waals surface area contributed by atoms with Gasteiger partial charge >= 0.3 is 16.3 Å². The number of hydrogen-bond acceptors (Lipinski definition) is 7. The van der Waals surface area contributed by atoms with Crippen molar-refractivity contribution in [1.29, 1.82) is 0 Å². The molecule has 1 aliphatic heterocycles. The standard InChI is InChI=1S/C19H20F3N3O5S/c20-19(21,22)15-6-7-17(18(14-15)25(26)27)24-10-8-23(9-11-24)12-13-31(28,29)30-16-4-2-1-3-5-16/h1-7,14H,8-13H2. The van der Waals surface area contributed by atoms with Crippen molar-refractivity contribution in [3.05, 3.63) is 64.2 Å². The second kappa shape index (κ2) is 9.10. The van der Waals surface area contributed by atoms with Gasteiger partial charge in [0.05, 0.1) is 16.2 Å². The number of benzene rings is 2. The van der Waals surface area contributed by atoms with E-state index in [1.165, 1.54) is 12.1 Å². The van der Waals surface area contributed by atoms with E-state index in [1.54, 1.807) is 23.1 Å². The summed E-state index contributed by atoms with van der Waals surface area (Å²) in [7, 11) is -3.79. The largest absolute Gasteiger partial charge is 0.416 e. The third-order valence-electron chi connectivity index (χ3n) is 4.84. The van der Waals surface area contributed by atoms with Crippen LogP contribution >= 0.6 is 0 Å². The third kappa shape index (κ3) is 6.07. The summed E-state index contributed by atoms with van der Waals surface area (Å²) < 4.78 is 67.9. The van der Waals surface area contributed by atoms with Crippen molar-refractivity contribution in [1.82, 2.24) is 4.90 Å². The first kappa shape index (κ1) is 22.8. The van der Waals surface area contributed by atoms with Crippen LogP contribution in [0.25, 0.3) is 0 Å². The first-order valence-electron chi connectivity index (χ1n) is 9.35. The lowest BCUT2D eigenvalue weighted by Crippen LogP contribution is -2.48. The zero-order valence-electron chi connectivity index (χ0n) is 16.3. The van der Waals surface area contributed by atoms with Gasteiger partial charge in [-0.3, -0.25) is 15.0 Å². The Kier molecular flexibility index (Phi) is 6.70. The minimum Gasteiger partial charge on any atom is -0.382 e. The van der Waals surface area contributed by atoms with Gasteiger partial charge in [-0.2, -0.15) is 21.6 Å². The lowest BCUT2D eigenvalue weighted by atomic mass is 10.1. The summed E-state index contributed by atoms with van der Waals surface area (Å²) in [5, 5.41) is 11.3. The third-order valence-corrected chi connectivity index (χ3v) is 5.97. The van der Waals surface area contributed by atoms with E-state index >= 15 is 0 Å². The Hall–Kier alpha value is -2.86. The highest BCUT2D eigenvalue weighted by Gasteiger charge is 2.34. The summed E-state index contributed by atoms with van der Waals surface area (Å²) >= 11 is 0. The van der Waals surface area contributed by atoms with Crippen LogP contribution in [0.1, 0.15) is 5.56 Å². The smallest absolute Gasteiger partial charge is 0.382 e. The van der Waals surface area contributed by atoms with Crippen molar-refractivity contribution in [2.24, 2.45) is 0 Å². The molecule has 0 amide bonds. The van der Waals surface area contributed by atoms with Crippen molar-refractivity contribution < 1.29 is 30.7 Å². The number of alkyl halides is 3. The minimum absolute atomic E-state index is 0.109. The fraction of sp³-hybridized carbons (Fsp3) is 0.368. The number of anilines is 1. The predicted molar refractivity (Wildman–Crippen MR) is 108 cm³/mol. The van der Waals surface area contributed by atoms with Gasteiger partial charge in [-0.05, 0) is 24.3 Å². The first-order chi connectivity index (χ1) is 14.5. The van der Waals surface area contributed by atoms with Crippen molar-refractivity contribution in [3.63, 3.8) is 0 Å². The average Bonchev–Trinajstić information content (AvgIpc) is 2.72. The highest BCUT2D eigenvalue weighted by Crippen LogP contribution is 2.36. The molecule has 1 heterocycles. The molecule has 12 heteroatoms. The zero-order valence-corrected chi connectivity index (χ0v) is 17.1. The van der Waals surface area contributed by atoms with Gasteiger partial charge in [0, 0.05) is 38.8 Å². The summed E-state index contributed by atoms with van der Waals surface area (Å²) in [4.78, 5) is 14.0. The van der Waals surface area contributed by atoms with Gasteiger partial charge < -0.3 is 9.08 Å². The minimum atomic E-state index is -4.67. The quantitative estimate of drug-likeness (QED) is 0.357. The maximum absolute atomic E-state index is 12.9. The molecule has 0 radical (unpaired) electrons. The Balaban J connectivity index is 1.59. The molecule has 0 unspecified atom stereocenters. The molecule has 0 bridgehead atoms. The lowest BCUT2D eigenvalue weighted by molar-refractivity contribution is -0.384. The summed E-state index contributed by atoms with van der Waals surface area (Å²) in [6.45, 7) is 1.63. The number of rotatable bonds is 7. The molecule has 0 aromatic heterocycles. The van der Waals surface area contributed by atoms with Crippen LogP contribution in [0.15, 0.2) is 48.5 Å². The van der Waals surface area contributed by atoms with E-state index in [2.05, 4.69) is 0 Å². The molecule has 0 aliphatic carbocycles. The van der Waals surface area contributed by atoms with Gasteiger partial charge in [-0.15, -0.1) is 0 Å². The molecule has 0 N–H and O–H groups in total. The van der Waals surface area contributed by atoms with Crippen LogP contribution in [0.2, 0.25) is 0 Å². The second-order valence-electron chi connectivity index (χ2n) is 6.95. The van der Waals surface area contributed by atoms with E-state index in [1.807, 2.05) is 4.90 Å². The van der Waals surface area contributed by atoms with Crippen molar-refractivity contribution in [2.45, 2.75) is 6.18 Å². The zero-order chi connectivity index (χ0) is 22.6. The molecule has 1 saturated heterocycles. The van der Waals surface area contributed by atoms with E-state index in [0.29, 0.717) is 32.2 Å². The molecule has 1 fully saturated rings. The van der Waals surface area contributed by atoms with Crippen LogP contribution in [-0.4, -0.2) is 56.7 Å². The molecule has 3 rings (SSSR count). The van der Waals surface area contributed by atoms with Gasteiger partial charge in [0.15, 0.2) is 0 Å². The summed E-state index contributed by atoms with van der Waals surface area (Å²) in [6.07, 6.45) is -4.67. The number of hydrogen-bond donors (Lipinski definition) is 0. The molecule has 2 aromatic rings. The van der Waals surface area contributed by atoms with E-state index in [-0.39, 0.29) is 23.7 Å². The average molecular weight is 459 g/mol. The molecule has 0 saturated carbocycles. The molecule has 2 aromatic carbocycles. The SMILES string of the molecule is O=[N+]([O-])c1cc(C(F)(F)F)ccc1N1CCN(CCS(=O)(=O)Oc2ccccc2)CC1. The summed E-state index contributed by atoms with van der Waals surface area (Å²) in [5.74, 6) is -0.00980. The number of halogens is 3. The van der Waals surface area contributed by atoms with Gasteiger partial charge in [0.25, 0.3) is 5.69 Å². The lowest BCUT2D eigenvalue weighted by Gasteiger charge is -2.35. The van der Waals surface area contributed by atoms with Gasteiger partial charge in [-0.1, -0.05) is 18.2 Å². The molecule has 168 valence electrons. The monoisotopic (exact) mass is 459 g/mol. The first-order valence-corrected chi connectivity index (χ1v) is 10.9. The summed E-state index contributed by atoms with van der Waals surface area (Å²) in [6, 6.07) is 10.6. The fourth-order valence-electron chi connectivity index (χ4n) is 3.23. The molecular weight excluding hydrogens is 439 g/mol. The highest BCUT2D eigenvalue weighted by atomic mass is 32.2. The fourth-order valence-corrected chi connectivity index (χ4v) is 4.20. The van der Waals surface area contributed by atoms with Crippen LogP contribution < -0.4 is 9.08 Å². The van der Waals surface area contributed by atoms with E-state index < -0.39 is 32.5 Å². The predicted octanol–water partition coefficient (Wildman–Crippen LogP) is 3.14. The molecular formula is C19H20F3N3O5S. The Morgan fingerprint density at radius 3 is 2.26 bits per heavy atom. The van der Waals surface area contributed by atoms with Crippen LogP contribution in [-0.2, 0) is 16.3 Å². The Morgan fingerprint density at radius 1 is 1.03 bits per heavy atom. The Bertz CT molecular complexity index is 1020. The number of nitro groups is 1. The van der Waals surface area contributed by atoms with Crippen LogP contribution in [0, 0.1) is 10.1 Å². The Morgan fingerprint density at radius 2 is 1.68 bits per heavy atom. The van der Waals surface area contributed by atoms with Crippen molar-refractivity contribution in [2.75, 3.05) is 43.4 Å². The van der Waals surface area contributed by atoms with Gasteiger partial charge in [-0.25, -0.2) is 0 Å². The normalized spacial score (nSPS) is 15.6. The topological polar surface area (TPSA) is 93.0 Å². The number of nitro benzene ring substituents is 1. The Labute approximate surface area is 177 Å². The molecule has 0 spiro atoms. The van der Waals surface area contributed by atoms with Gasteiger partial charge in [0.2, 0.25) is 0 Å². The number of para-hydroxylation sites is 1. The van der Waals surface area contributed by atoms with E-state index in [0.717, 1.165) is 12.1 Å². The van der Waals surface area contributed by atoms with E-state index in [4.69, 9.17) is 4.18 Å². The van der Waals surface area contributed by atoms with Crippen LogP contribution in [0.5, 0.6) is 5.75 Å². The second-order valence-corrected chi connectivity index (χ2v) is 8.64. The van der Waals surface area contributed by atoms with E-state index in [9.17, 15) is 31.7 Å². The molecule has 8 nitrogen and oxygen atoms in total. The maximum Gasteiger partial charge on any atom is 0.416 e. The van der Waals surface area contributed by atoms with Crippen molar-refractivity contribution in [3.8, 4) is 5.75 Å². The molecule has 31 heavy (non-hydrogen) atoms.